The predicted molar refractivity (Wildman–Crippen MR) is 74.2 cm³/mol. The first-order valence-electron chi connectivity index (χ1n) is 7.50. The van der Waals surface area contributed by atoms with Crippen LogP contribution in [0, 0.1) is 17.8 Å². The van der Waals surface area contributed by atoms with Crippen LogP contribution in [0.25, 0.3) is 0 Å². The molecule has 98 valence electrons. The molecule has 0 spiro atoms. The van der Waals surface area contributed by atoms with Crippen molar-refractivity contribution in [1.82, 2.24) is 10.3 Å². The summed E-state index contributed by atoms with van der Waals surface area (Å²) in [5.74, 6) is 3.04. The molecular formula is C16H24N2. The Hall–Kier alpha value is -0.890. The van der Waals surface area contributed by atoms with Crippen LogP contribution in [0.1, 0.15) is 50.6 Å². The van der Waals surface area contributed by atoms with Crippen molar-refractivity contribution >= 4 is 0 Å². The van der Waals surface area contributed by atoms with Crippen molar-refractivity contribution < 1.29 is 0 Å². The zero-order valence-corrected chi connectivity index (χ0v) is 11.3. The van der Waals surface area contributed by atoms with Crippen LogP contribution in [0.4, 0.5) is 0 Å². The van der Waals surface area contributed by atoms with E-state index in [1.807, 2.05) is 12.4 Å². The smallest absolute Gasteiger partial charge is 0.0323 e. The fourth-order valence-electron chi connectivity index (χ4n) is 4.15. The molecule has 2 heteroatoms. The van der Waals surface area contributed by atoms with Crippen molar-refractivity contribution in [1.29, 1.82) is 0 Å². The highest BCUT2D eigenvalue weighted by Crippen LogP contribution is 2.50. The molecule has 0 radical (unpaired) electrons. The molecule has 0 amide bonds. The standard InChI is InChI=1S/C16H24N2/c1-2-18-16(13-5-7-17-8-6-13)11-15-10-12-3-4-14(15)9-12/h5-8,12,14-16,18H,2-4,9-11H2,1H3. The van der Waals surface area contributed by atoms with Crippen molar-refractivity contribution in [2.24, 2.45) is 17.8 Å². The van der Waals surface area contributed by atoms with E-state index >= 15 is 0 Å². The third-order valence-electron chi connectivity index (χ3n) is 4.98. The van der Waals surface area contributed by atoms with Gasteiger partial charge >= 0.3 is 0 Å². The van der Waals surface area contributed by atoms with Crippen LogP contribution in [0.5, 0.6) is 0 Å². The summed E-state index contributed by atoms with van der Waals surface area (Å²) in [5, 5.41) is 3.66. The molecule has 2 fully saturated rings. The number of rotatable bonds is 5. The lowest BCUT2D eigenvalue weighted by Crippen LogP contribution is -2.25. The molecule has 4 unspecified atom stereocenters. The number of hydrogen-bond donors (Lipinski definition) is 1. The Balaban J connectivity index is 1.67. The first-order valence-corrected chi connectivity index (χ1v) is 7.50. The Labute approximate surface area is 110 Å². The summed E-state index contributed by atoms with van der Waals surface area (Å²) < 4.78 is 0. The third-order valence-corrected chi connectivity index (χ3v) is 4.98. The van der Waals surface area contributed by atoms with Gasteiger partial charge in [0.2, 0.25) is 0 Å². The maximum Gasteiger partial charge on any atom is 0.0323 e. The normalized spacial score (nSPS) is 31.7. The maximum atomic E-state index is 4.13. The van der Waals surface area contributed by atoms with E-state index in [9.17, 15) is 0 Å². The van der Waals surface area contributed by atoms with Gasteiger partial charge in [0.1, 0.15) is 0 Å². The van der Waals surface area contributed by atoms with Gasteiger partial charge in [0, 0.05) is 18.4 Å². The van der Waals surface area contributed by atoms with Gasteiger partial charge in [0.05, 0.1) is 0 Å². The summed E-state index contributed by atoms with van der Waals surface area (Å²) in [7, 11) is 0. The summed E-state index contributed by atoms with van der Waals surface area (Å²) in [6.07, 6.45) is 11.1. The van der Waals surface area contributed by atoms with E-state index in [1.165, 1.54) is 37.7 Å². The highest BCUT2D eigenvalue weighted by atomic mass is 14.9. The minimum absolute atomic E-state index is 0.530. The van der Waals surface area contributed by atoms with Crippen LogP contribution in [0.2, 0.25) is 0 Å². The largest absolute Gasteiger partial charge is 0.310 e. The fraction of sp³-hybridized carbons (Fsp3) is 0.688. The van der Waals surface area contributed by atoms with E-state index < -0.39 is 0 Å². The van der Waals surface area contributed by atoms with Crippen molar-refractivity contribution in [2.45, 2.75) is 45.1 Å². The van der Waals surface area contributed by atoms with Crippen LogP contribution < -0.4 is 5.32 Å². The zero-order valence-electron chi connectivity index (χ0n) is 11.3. The second-order valence-electron chi connectivity index (χ2n) is 6.06. The molecule has 4 atom stereocenters. The van der Waals surface area contributed by atoms with Crippen molar-refractivity contribution in [3.8, 4) is 0 Å². The number of fused-ring (bicyclic) bond motifs is 2. The Bertz CT molecular complexity index is 376. The molecule has 1 aromatic heterocycles. The molecule has 1 heterocycles. The Morgan fingerprint density at radius 2 is 2.11 bits per heavy atom. The van der Waals surface area contributed by atoms with Gasteiger partial charge in [-0.3, -0.25) is 4.98 Å². The number of pyridine rings is 1. The minimum atomic E-state index is 0.530. The van der Waals surface area contributed by atoms with Gasteiger partial charge in [-0.25, -0.2) is 0 Å². The molecule has 3 rings (SSSR count). The lowest BCUT2D eigenvalue weighted by atomic mass is 9.83. The molecule has 2 aliphatic carbocycles. The van der Waals surface area contributed by atoms with Gasteiger partial charge in [0.25, 0.3) is 0 Å². The lowest BCUT2D eigenvalue weighted by Gasteiger charge is -2.27. The molecule has 1 N–H and O–H groups in total. The van der Waals surface area contributed by atoms with E-state index in [4.69, 9.17) is 0 Å². The first kappa shape index (κ1) is 12.2. The highest BCUT2D eigenvalue weighted by molar-refractivity contribution is 5.15. The summed E-state index contributed by atoms with van der Waals surface area (Å²) in [6, 6.07) is 4.86. The zero-order chi connectivity index (χ0) is 12.4. The molecular weight excluding hydrogens is 220 g/mol. The SMILES string of the molecule is CCNC(CC1CC2CCC1C2)c1ccncc1. The van der Waals surface area contributed by atoms with Crippen LogP contribution in [-0.2, 0) is 0 Å². The summed E-state index contributed by atoms with van der Waals surface area (Å²) in [6.45, 7) is 3.25. The maximum absolute atomic E-state index is 4.13. The lowest BCUT2D eigenvalue weighted by molar-refractivity contribution is 0.280. The number of hydrogen-bond acceptors (Lipinski definition) is 2. The highest BCUT2D eigenvalue weighted by Gasteiger charge is 2.40. The third kappa shape index (κ3) is 2.44. The number of nitrogens with zero attached hydrogens (tertiary/aromatic N) is 1. The molecule has 2 saturated carbocycles. The van der Waals surface area contributed by atoms with Crippen LogP contribution >= 0.6 is 0 Å². The summed E-state index contributed by atoms with van der Waals surface area (Å²) >= 11 is 0. The first-order chi connectivity index (χ1) is 8.86. The van der Waals surface area contributed by atoms with Gasteiger partial charge in [-0.15, -0.1) is 0 Å². The molecule has 0 aromatic carbocycles. The molecule has 18 heavy (non-hydrogen) atoms. The summed E-state index contributed by atoms with van der Waals surface area (Å²) in [5.41, 5.74) is 1.41. The molecule has 2 nitrogen and oxygen atoms in total. The molecule has 2 aliphatic rings. The van der Waals surface area contributed by atoms with Gasteiger partial charge in [-0.1, -0.05) is 13.3 Å². The second-order valence-corrected chi connectivity index (χ2v) is 6.06. The Morgan fingerprint density at radius 1 is 1.28 bits per heavy atom. The number of aromatic nitrogens is 1. The fourth-order valence-corrected chi connectivity index (χ4v) is 4.15. The minimum Gasteiger partial charge on any atom is -0.310 e. The van der Waals surface area contributed by atoms with Gasteiger partial charge in [0.15, 0.2) is 0 Å². The van der Waals surface area contributed by atoms with Crippen molar-refractivity contribution in [2.75, 3.05) is 6.54 Å². The predicted octanol–water partition coefficient (Wildman–Crippen LogP) is 3.56. The van der Waals surface area contributed by atoms with E-state index in [-0.39, 0.29) is 0 Å². The topological polar surface area (TPSA) is 24.9 Å². The van der Waals surface area contributed by atoms with E-state index in [2.05, 4.69) is 29.4 Å². The molecule has 2 bridgehead atoms. The molecule has 0 saturated heterocycles. The quantitative estimate of drug-likeness (QED) is 0.856. The van der Waals surface area contributed by atoms with E-state index in [0.717, 1.165) is 24.3 Å². The van der Waals surface area contributed by atoms with E-state index in [0.29, 0.717) is 6.04 Å². The van der Waals surface area contributed by atoms with Gasteiger partial charge < -0.3 is 5.32 Å². The Morgan fingerprint density at radius 3 is 2.72 bits per heavy atom. The molecule has 1 aromatic rings. The molecule has 0 aliphatic heterocycles. The second kappa shape index (κ2) is 5.40. The number of nitrogens with one attached hydrogen (secondary N) is 1. The monoisotopic (exact) mass is 244 g/mol. The van der Waals surface area contributed by atoms with Gasteiger partial charge in [-0.2, -0.15) is 0 Å². The average molecular weight is 244 g/mol. The average Bonchev–Trinajstić information content (AvgIpc) is 3.01. The van der Waals surface area contributed by atoms with Crippen LogP contribution in [0.15, 0.2) is 24.5 Å². The Kier molecular flexibility index (Phi) is 3.64. The van der Waals surface area contributed by atoms with Crippen molar-refractivity contribution in [3.05, 3.63) is 30.1 Å². The van der Waals surface area contributed by atoms with Crippen LogP contribution in [0.3, 0.4) is 0 Å². The van der Waals surface area contributed by atoms with Gasteiger partial charge in [-0.05, 0) is 67.7 Å². The summed E-state index contributed by atoms with van der Waals surface area (Å²) in [4.78, 5) is 4.13. The van der Waals surface area contributed by atoms with Crippen LogP contribution in [-0.4, -0.2) is 11.5 Å². The van der Waals surface area contributed by atoms with Crippen molar-refractivity contribution in [3.63, 3.8) is 0 Å². The van der Waals surface area contributed by atoms with E-state index in [1.54, 1.807) is 0 Å².